The van der Waals surface area contributed by atoms with Crippen molar-refractivity contribution in [3.05, 3.63) is 0 Å². The summed E-state index contributed by atoms with van der Waals surface area (Å²) in [5.41, 5.74) is 0. The van der Waals surface area contributed by atoms with Crippen molar-refractivity contribution in [3.63, 3.8) is 0 Å². The van der Waals surface area contributed by atoms with Crippen LogP contribution in [0.15, 0.2) is 0 Å². The molecule has 0 N–H and O–H groups in total. The smallest absolute Gasteiger partial charge is 0.327 e. The third-order valence-corrected chi connectivity index (χ3v) is 4.00. The Balaban J connectivity index is 3.97. The van der Waals surface area contributed by atoms with E-state index in [9.17, 15) is 9.59 Å². The van der Waals surface area contributed by atoms with Crippen LogP contribution in [0.3, 0.4) is 0 Å². The number of carbonyl (C=O) groups is 2. The van der Waals surface area contributed by atoms with Gasteiger partial charge in [-0.25, -0.2) is 0 Å². The van der Waals surface area contributed by atoms with Crippen molar-refractivity contribution in [2.45, 2.75) is 62.0 Å². The highest BCUT2D eigenvalue weighted by Crippen LogP contribution is 2.15. The fourth-order valence-corrected chi connectivity index (χ4v) is 2.06. The first kappa shape index (κ1) is 17.1. The molecule has 0 aromatic rings. The highest BCUT2D eigenvalue weighted by molar-refractivity contribution is 9.10. The molecule has 3 nitrogen and oxygen atoms in total. The van der Waals surface area contributed by atoms with E-state index in [-0.39, 0.29) is 9.65 Å². The van der Waals surface area contributed by atoms with Gasteiger partial charge in [-0.1, -0.05) is 71.4 Å². The zero-order valence-electron chi connectivity index (χ0n) is 10.4. The Kier molecular flexibility index (Phi) is 10.1. The molecule has 5 heteroatoms. The van der Waals surface area contributed by atoms with Gasteiger partial charge in [0.1, 0.15) is 9.65 Å². The molecule has 0 bridgehead atoms. The number of rotatable bonds is 8. The predicted molar refractivity (Wildman–Crippen MR) is 75.6 cm³/mol. The van der Waals surface area contributed by atoms with Gasteiger partial charge >= 0.3 is 11.9 Å². The summed E-state index contributed by atoms with van der Waals surface area (Å²) in [6.45, 7) is 4.10. The van der Waals surface area contributed by atoms with Crippen molar-refractivity contribution >= 4 is 43.8 Å². The van der Waals surface area contributed by atoms with Crippen molar-refractivity contribution in [1.82, 2.24) is 0 Å². The molecule has 0 saturated heterocycles. The van der Waals surface area contributed by atoms with Gasteiger partial charge < -0.3 is 4.74 Å². The molecule has 0 aliphatic carbocycles. The normalized spacial score (nSPS) is 14.1. The summed E-state index contributed by atoms with van der Waals surface area (Å²) in [6, 6.07) is 0. The van der Waals surface area contributed by atoms with Crippen LogP contribution in [0.2, 0.25) is 0 Å². The van der Waals surface area contributed by atoms with Crippen molar-refractivity contribution in [2.24, 2.45) is 0 Å². The topological polar surface area (TPSA) is 43.4 Å². The van der Waals surface area contributed by atoms with E-state index in [1.54, 1.807) is 0 Å². The van der Waals surface area contributed by atoms with Gasteiger partial charge in [0.15, 0.2) is 0 Å². The molecule has 0 aliphatic rings. The highest BCUT2D eigenvalue weighted by Gasteiger charge is 2.23. The van der Waals surface area contributed by atoms with E-state index in [1.165, 1.54) is 0 Å². The summed E-state index contributed by atoms with van der Waals surface area (Å²) in [5.74, 6) is -0.964. The average molecular weight is 372 g/mol. The maximum absolute atomic E-state index is 11.5. The third kappa shape index (κ3) is 7.92. The van der Waals surface area contributed by atoms with Gasteiger partial charge in [0.05, 0.1) is 0 Å². The Hall–Kier alpha value is 0.1000. The minimum Gasteiger partial charge on any atom is -0.391 e. The molecule has 0 amide bonds. The van der Waals surface area contributed by atoms with Crippen molar-refractivity contribution in [3.8, 4) is 0 Å². The molecule has 0 heterocycles. The predicted octanol–water partition coefficient (Wildman–Crippen LogP) is 3.96. The van der Waals surface area contributed by atoms with Crippen LogP contribution < -0.4 is 0 Å². The van der Waals surface area contributed by atoms with Crippen molar-refractivity contribution in [1.29, 1.82) is 0 Å². The zero-order valence-corrected chi connectivity index (χ0v) is 13.6. The average Bonchev–Trinajstić information content (AvgIpc) is 2.32. The molecule has 0 aromatic carbocycles. The molecule has 2 atom stereocenters. The standard InChI is InChI=1S/C12H20Br2O3/c1-3-5-7-9(13)11(15)17-12(16)10(14)8-6-4-2/h9-10H,3-8H2,1-2H3. The van der Waals surface area contributed by atoms with Crippen molar-refractivity contribution < 1.29 is 14.3 Å². The molecular weight excluding hydrogens is 352 g/mol. The minimum absolute atomic E-state index is 0.378. The zero-order chi connectivity index (χ0) is 13.3. The Morgan fingerprint density at radius 2 is 1.29 bits per heavy atom. The number of esters is 2. The lowest BCUT2D eigenvalue weighted by Crippen LogP contribution is -2.26. The lowest BCUT2D eigenvalue weighted by Gasteiger charge is -2.11. The monoisotopic (exact) mass is 370 g/mol. The largest absolute Gasteiger partial charge is 0.391 e. The summed E-state index contributed by atoms with van der Waals surface area (Å²) >= 11 is 6.46. The summed E-state index contributed by atoms with van der Waals surface area (Å²) in [7, 11) is 0. The molecule has 0 rings (SSSR count). The lowest BCUT2D eigenvalue weighted by molar-refractivity contribution is -0.158. The summed E-state index contributed by atoms with van der Waals surface area (Å²) in [5, 5.41) is 0. The van der Waals surface area contributed by atoms with E-state index < -0.39 is 11.9 Å². The summed E-state index contributed by atoms with van der Waals surface area (Å²) < 4.78 is 4.80. The fourth-order valence-electron chi connectivity index (χ4n) is 1.23. The van der Waals surface area contributed by atoms with Crippen LogP contribution in [0.5, 0.6) is 0 Å². The number of halogens is 2. The maximum atomic E-state index is 11.5. The quantitative estimate of drug-likeness (QED) is 0.368. The number of unbranched alkanes of at least 4 members (excludes halogenated alkanes) is 2. The molecule has 17 heavy (non-hydrogen) atoms. The highest BCUT2D eigenvalue weighted by atomic mass is 79.9. The van der Waals surface area contributed by atoms with Crippen LogP contribution in [0.25, 0.3) is 0 Å². The molecule has 100 valence electrons. The van der Waals surface area contributed by atoms with Crippen molar-refractivity contribution in [2.75, 3.05) is 0 Å². The molecule has 0 fully saturated rings. The Bertz CT molecular complexity index is 220. The van der Waals surface area contributed by atoms with Gasteiger partial charge in [0.25, 0.3) is 0 Å². The van der Waals surface area contributed by atoms with E-state index in [2.05, 4.69) is 45.7 Å². The molecule has 0 aliphatic heterocycles. The van der Waals surface area contributed by atoms with Crippen LogP contribution in [-0.2, 0) is 14.3 Å². The summed E-state index contributed by atoms with van der Waals surface area (Å²) in [6.07, 6.45) is 5.30. The van der Waals surface area contributed by atoms with Gasteiger partial charge in [0, 0.05) is 0 Å². The van der Waals surface area contributed by atoms with E-state index in [0.29, 0.717) is 12.8 Å². The number of ether oxygens (including phenoxy) is 1. The van der Waals surface area contributed by atoms with E-state index in [4.69, 9.17) is 4.74 Å². The first-order valence-electron chi connectivity index (χ1n) is 6.06. The second kappa shape index (κ2) is 10.1. The molecule has 0 radical (unpaired) electrons. The molecule has 0 aromatic heterocycles. The van der Waals surface area contributed by atoms with Gasteiger partial charge in [-0.15, -0.1) is 0 Å². The van der Waals surface area contributed by atoms with Gasteiger partial charge in [-0.05, 0) is 12.8 Å². The van der Waals surface area contributed by atoms with E-state index >= 15 is 0 Å². The number of alkyl halides is 2. The van der Waals surface area contributed by atoms with Gasteiger partial charge in [0.2, 0.25) is 0 Å². The number of hydrogen-bond acceptors (Lipinski definition) is 3. The molecular formula is C12H20Br2O3. The number of hydrogen-bond donors (Lipinski definition) is 0. The Morgan fingerprint density at radius 1 is 0.941 bits per heavy atom. The Morgan fingerprint density at radius 3 is 1.59 bits per heavy atom. The van der Waals surface area contributed by atoms with Crippen LogP contribution in [0, 0.1) is 0 Å². The van der Waals surface area contributed by atoms with Crippen LogP contribution >= 0.6 is 31.9 Å². The van der Waals surface area contributed by atoms with E-state index in [1.807, 2.05) is 0 Å². The molecule has 0 spiro atoms. The number of carbonyl (C=O) groups excluding carboxylic acids is 2. The second-order valence-corrected chi connectivity index (χ2v) is 6.17. The lowest BCUT2D eigenvalue weighted by atomic mass is 10.2. The van der Waals surface area contributed by atoms with Crippen LogP contribution in [0.1, 0.15) is 52.4 Å². The molecule has 2 unspecified atom stereocenters. The van der Waals surface area contributed by atoms with Crippen LogP contribution in [-0.4, -0.2) is 21.6 Å². The molecule has 0 saturated carbocycles. The van der Waals surface area contributed by atoms with Gasteiger partial charge in [-0.3, -0.25) is 9.59 Å². The fraction of sp³-hybridized carbons (Fsp3) is 0.833. The maximum Gasteiger partial charge on any atom is 0.327 e. The summed E-state index contributed by atoms with van der Waals surface area (Å²) in [4.78, 5) is 22.3. The first-order valence-corrected chi connectivity index (χ1v) is 7.89. The minimum atomic E-state index is -0.482. The van der Waals surface area contributed by atoms with Crippen LogP contribution in [0.4, 0.5) is 0 Å². The van der Waals surface area contributed by atoms with Gasteiger partial charge in [-0.2, -0.15) is 0 Å². The van der Waals surface area contributed by atoms with E-state index in [0.717, 1.165) is 25.7 Å². The SMILES string of the molecule is CCCCC(Br)C(=O)OC(=O)C(Br)CCCC. The second-order valence-electron chi connectivity index (χ2n) is 3.96. The Labute approximate surface area is 120 Å². The third-order valence-electron chi connectivity index (χ3n) is 2.33. The first-order chi connectivity index (χ1) is 8.02.